The number of para-hydroxylation sites is 1. The molecule has 1 atom stereocenters. The third kappa shape index (κ3) is 2.56. The second kappa shape index (κ2) is 5.67. The molecule has 0 radical (unpaired) electrons. The Bertz CT molecular complexity index is 605. The molecule has 0 saturated carbocycles. The zero-order valence-corrected chi connectivity index (χ0v) is 11.8. The van der Waals surface area contributed by atoms with Crippen LogP contribution in [0.3, 0.4) is 0 Å². The third-order valence-electron chi connectivity index (χ3n) is 4.16. The predicted molar refractivity (Wildman–Crippen MR) is 78.8 cm³/mol. The molecule has 1 aromatic carbocycles. The van der Waals surface area contributed by atoms with Gasteiger partial charge in [0.25, 0.3) is 5.91 Å². The molecule has 0 bridgehead atoms. The second-order valence-electron chi connectivity index (χ2n) is 5.47. The minimum atomic E-state index is -0.0457. The molecule has 1 N–H and O–H groups in total. The maximum Gasteiger partial charge on any atom is 0.255 e. The molecular formula is C16H20N2O2. The molecule has 1 aliphatic heterocycles. The van der Waals surface area contributed by atoms with Gasteiger partial charge in [0.2, 0.25) is 0 Å². The number of rotatable bonds is 4. The summed E-state index contributed by atoms with van der Waals surface area (Å²) in [5, 5.41) is 3.88. The average Bonchev–Trinajstić information content (AvgIpc) is 3.05. The van der Waals surface area contributed by atoms with Crippen LogP contribution in [0.25, 0.3) is 11.0 Å². The van der Waals surface area contributed by atoms with Gasteiger partial charge in [-0.3, -0.25) is 4.79 Å². The van der Waals surface area contributed by atoms with Crippen molar-refractivity contribution in [2.45, 2.75) is 25.3 Å². The van der Waals surface area contributed by atoms with E-state index >= 15 is 0 Å². The van der Waals surface area contributed by atoms with Crippen molar-refractivity contribution in [3.63, 3.8) is 0 Å². The van der Waals surface area contributed by atoms with E-state index < -0.39 is 0 Å². The monoisotopic (exact) mass is 272 g/mol. The lowest BCUT2D eigenvalue weighted by atomic mass is 10.1. The zero-order chi connectivity index (χ0) is 13.9. The van der Waals surface area contributed by atoms with Gasteiger partial charge in [0.05, 0.1) is 5.56 Å². The third-order valence-corrected chi connectivity index (χ3v) is 4.16. The summed E-state index contributed by atoms with van der Waals surface area (Å²) in [5.74, 6) is -0.0457. The maximum absolute atomic E-state index is 12.2. The van der Waals surface area contributed by atoms with Gasteiger partial charge >= 0.3 is 0 Å². The van der Waals surface area contributed by atoms with E-state index in [2.05, 4.69) is 17.3 Å². The molecule has 20 heavy (non-hydrogen) atoms. The van der Waals surface area contributed by atoms with Crippen molar-refractivity contribution in [2.24, 2.45) is 0 Å². The van der Waals surface area contributed by atoms with Crippen molar-refractivity contribution in [1.82, 2.24) is 10.2 Å². The van der Waals surface area contributed by atoms with Gasteiger partial charge in [0.15, 0.2) is 0 Å². The molecule has 1 aliphatic rings. The molecule has 0 unspecified atom stereocenters. The largest absolute Gasteiger partial charge is 0.463 e. The fraction of sp³-hybridized carbons (Fsp3) is 0.438. The minimum absolute atomic E-state index is 0.0457. The van der Waals surface area contributed by atoms with Gasteiger partial charge in [0.1, 0.15) is 11.8 Å². The summed E-state index contributed by atoms with van der Waals surface area (Å²) >= 11 is 0. The van der Waals surface area contributed by atoms with Gasteiger partial charge in [-0.1, -0.05) is 18.2 Å². The standard InChI is InChI=1S/C16H20N2O2/c1-18-10-4-5-12(18)8-9-17-16(19)14-11-20-15-7-3-2-6-13(14)15/h2-3,6-7,11-12H,4-5,8-10H2,1H3,(H,17,19)/t12-/m1/s1. The molecule has 1 saturated heterocycles. The van der Waals surface area contributed by atoms with Crippen LogP contribution in [0.5, 0.6) is 0 Å². The van der Waals surface area contributed by atoms with Gasteiger partial charge in [-0.2, -0.15) is 0 Å². The summed E-state index contributed by atoms with van der Waals surface area (Å²) in [7, 11) is 2.16. The van der Waals surface area contributed by atoms with Crippen LogP contribution >= 0.6 is 0 Å². The van der Waals surface area contributed by atoms with Gasteiger partial charge < -0.3 is 14.6 Å². The van der Waals surface area contributed by atoms with Crippen LogP contribution in [0.2, 0.25) is 0 Å². The number of furan rings is 1. The Labute approximate surface area is 118 Å². The number of nitrogens with one attached hydrogen (secondary N) is 1. The van der Waals surface area contributed by atoms with Crippen molar-refractivity contribution in [3.8, 4) is 0 Å². The van der Waals surface area contributed by atoms with Crippen molar-refractivity contribution in [2.75, 3.05) is 20.1 Å². The van der Waals surface area contributed by atoms with Crippen LogP contribution in [0, 0.1) is 0 Å². The molecule has 2 heterocycles. The quantitative estimate of drug-likeness (QED) is 0.930. The number of carbonyl (C=O) groups excluding carboxylic acids is 1. The van der Waals surface area contributed by atoms with E-state index in [9.17, 15) is 4.79 Å². The number of carbonyl (C=O) groups is 1. The molecule has 4 nitrogen and oxygen atoms in total. The highest BCUT2D eigenvalue weighted by Gasteiger charge is 2.20. The normalized spacial score (nSPS) is 19.6. The molecule has 1 amide bonds. The summed E-state index contributed by atoms with van der Waals surface area (Å²) in [6.07, 6.45) is 5.06. The van der Waals surface area contributed by atoms with Gasteiger partial charge in [-0.15, -0.1) is 0 Å². The van der Waals surface area contributed by atoms with Crippen LogP contribution in [-0.4, -0.2) is 37.0 Å². The summed E-state index contributed by atoms with van der Waals surface area (Å²) in [4.78, 5) is 14.6. The molecular weight excluding hydrogens is 252 g/mol. The lowest BCUT2D eigenvalue weighted by Crippen LogP contribution is -2.31. The molecule has 0 spiro atoms. The Balaban J connectivity index is 1.59. The number of nitrogens with zero attached hydrogens (tertiary/aromatic N) is 1. The first-order valence-electron chi connectivity index (χ1n) is 7.20. The topological polar surface area (TPSA) is 45.5 Å². The smallest absolute Gasteiger partial charge is 0.255 e. The number of hydrogen-bond acceptors (Lipinski definition) is 3. The van der Waals surface area contributed by atoms with Gasteiger partial charge in [-0.05, 0) is 38.9 Å². The first kappa shape index (κ1) is 13.2. The highest BCUT2D eigenvalue weighted by Crippen LogP contribution is 2.21. The van der Waals surface area contributed by atoms with Crippen molar-refractivity contribution < 1.29 is 9.21 Å². The number of likely N-dealkylation sites (tertiary alicyclic amines) is 1. The molecule has 3 rings (SSSR count). The first-order valence-corrected chi connectivity index (χ1v) is 7.20. The molecule has 1 aromatic heterocycles. The molecule has 4 heteroatoms. The van der Waals surface area contributed by atoms with Crippen LogP contribution in [0.4, 0.5) is 0 Å². The molecule has 1 fully saturated rings. The minimum Gasteiger partial charge on any atom is -0.463 e. The molecule has 2 aromatic rings. The second-order valence-corrected chi connectivity index (χ2v) is 5.47. The average molecular weight is 272 g/mol. The first-order chi connectivity index (χ1) is 9.75. The molecule has 0 aliphatic carbocycles. The fourth-order valence-corrected chi connectivity index (χ4v) is 2.95. The Hall–Kier alpha value is -1.81. The van der Waals surface area contributed by atoms with Crippen LogP contribution in [-0.2, 0) is 0 Å². The highest BCUT2D eigenvalue weighted by atomic mass is 16.3. The zero-order valence-electron chi connectivity index (χ0n) is 11.8. The maximum atomic E-state index is 12.2. The SMILES string of the molecule is CN1CCC[C@@H]1CCNC(=O)c1coc2ccccc12. The van der Waals surface area contributed by atoms with E-state index in [0.717, 1.165) is 17.4 Å². The number of fused-ring (bicyclic) bond motifs is 1. The van der Waals surface area contributed by atoms with E-state index in [0.29, 0.717) is 18.2 Å². The summed E-state index contributed by atoms with van der Waals surface area (Å²) in [6, 6.07) is 8.22. The van der Waals surface area contributed by atoms with E-state index in [4.69, 9.17) is 4.42 Å². The lowest BCUT2D eigenvalue weighted by Gasteiger charge is -2.19. The predicted octanol–water partition coefficient (Wildman–Crippen LogP) is 2.65. The van der Waals surface area contributed by atoms with E-state index in [1.54, 1.807) is 6.26 Å². The van der Waals surface area contributed by atoms with Crippen LogP contribution in [0.15, 0.2) is 34.9 Å². The number of amides is 1. The Morgan fingerprint density at radius 1 is 1.45 bits per heavy atom. The summed E-state index contributed by atoms with van der Waals surface area (Å²) in [6.45, 7) is 1.89. The van der Waals surface area contributed by atoms with E-state index in [1.807, 2.05) is 24.3 Å². The molecule has 106 valence electrons. The Kier molecular flexibility index (Phi) is 3.74. The van der Waals surface area contributed by atoms with E-state index in [1.165, 1.54) is 19.4 Å². The van der Waals surface area contributed by atoms with Crippen molar-refractivity contribution >= 4 is 16.9 Å². The number of hydrogen-bond donors (Lipinski definition) is 1. The lowest BCUT2D eigenvalue weighted by molar-refractivity contribution is 0.0951. The van der Waals surface area contributed by atoms with Crippen LogP contribution in [0.1, 0.15) is 29.6 Å². The fourth-order valence-electron chi connectivity index (χ4n) is 2.95. The van der Waals surface area contributed by atoms with Crippen LogP contribution < -0.4 is 5.32 Å². The van der Waals surface area contributed by atoms with E-state index in [-0.39, 0.29) is 5.91 Å². The summed E-state index contributed by atoms with van der Waals surface area (Å²) < 4.78 is 5.40. The van der Waals surface area contributed by atoms with Crippen molar-refractivity contribution in [1.29, 1.82) is 0 Å². The summed E-state index contributed by atoms with van der Waals surface area (Å²) in [5.41, 5.74) is 1.38. The van der Waals surface area contributed by atoms with Gasteiger partial charge in [-0.25, -0.2) is 0 Å². The van der Waals surface area contributed by atoms with Crippen molar-refractivity contribution in [3.05, 3.63) is 36.1 Å². The Morgan fingerprint density at radius 2 is 2.30 bits per heavy atom. The number of benzene rings is 1. The van der Waals surface area contributed by atoms with Gasteiger partial charge in [0, 0.05) is 18.0 Å². The Morgan fingerprint density at radius 3 is 3.10 bits per heavy atom. The highest BCUT2D eigenvalue weighted by molar-refractivity contribution is 6.05.